The van der Waals surface area contributed by atoms with Crippen LogP contribution in [0.5, 0.6) is 0 Å². The molecule has 4 rings (SSSR count). The zero-order chi connectivity index (χ0) is 14.9. The largest absolute Gasteiger partial charge is 0.368 e. The first-order valence-corrected chi connectivity index (χ1v) is 7.45. The first-order valence-electron chi connectivity index (χ1n) is 7.45. The van der Waals surface area contributed by atoms with Crippen molar-refractivity contribution in [3.63, 3.8) is 0 Å². The van der Waals surface area contributed by atoms with Crippen LogP contribution in [0.4, 0.5) is 11.5 Å². The van der Waals surface area contributed by atoms with Crippen molar-refractivity contribution in [2.45, 2.75) is 6.92 Å². The van der Waals surface area contributed by atoms with E-state index in [1.165, 1.54) is 5.69 Å². The Morgan fingerprint density at radius 2 is 1.68 bits per heavy atom. The monoisotopic (exact) mass is 295 g/mol. The Labute approximate surface area is 128 Å². The molecule has 1 saturated heterocycles. The molecule has 0 bridgehead atoms. The fourth-order valence-corrected chi connectivity index (χ4v) is 2.96. The summed E-state index contributed by atoms with van der Waals surface area (Å²) in [6.07, 6.45) is 1.55. The van der Waals surface area contributed by atoms with Gasteiger partial charge in [-0.1, -0.05) is 23.4 Å². The minimum Gasteiger partial charge on any atom is -0.368 e. The second-order valence-electron chi connectivity index (χ2n) is 5.46. The number of aromatic nitrogens is 3. The highest BCUT2D eigenvalue weighted by atomic mass is 16.5. The summed E-state index contributed by atoms with van der Waals surface area (Å²) < 4.78 is 5.23. The number of fused-ring (bicyclic) bond motifs is 1. The van der Waals surface area contributed by atoms with Gasteiger partial charge in [-0.25, -0.2) is 4.98 Å². The molecule has 0 N–H and O–H groups in total. The summed E-state index contributed by atoms with van der Waals surface area (Å²) in [5.41, 5.74) is 2.68. The molecule has 1 aliphatic rings. The van der Waals surface area contributed by atoms with Crippen LogP contribution in [-0.4, -0.2) is 41.3 Å². The Bertz CT molecular complexity index is 778. The lowest BCUT2D eigenvalue weighted by Crippen LogP contribution is -2.46. The standard InChI is InChI=1S/C16H17N5O/c1-12-14-15(17-11-18-16(14)22-19-12)21-9-7-20(8-10-21)13-5-3-2-4-6-13/h2-6,11H,7-10H2,1H3. The summed E-state index contributed by atoms with van der Waals surface area (Å²) in [6.45, 7) is 5.72. The smallest absolute Gasteiger partial charge is 0.263 e. The molecular formula is C16H17N5O. The molecule has 0 saturated carbocycles. The number of aryl methyl sites for hydroxylation is 1. The van der Waals surface area contributed by atoms with Gasteiger partial charge in [0.05, 0.1) is 5.69 Å². The quantitative estimate of drug-likeness (QED) is 0.723. The molecule has 0 unspecified atom stereocenters. The van der Waals surface area contributed by atoms with Crippen molar-refractivity contribution in [2.75, 3.05) is 36.0 Å². The molecule has 2 aromatic heterocycles. The Hall–Kier alpha value is -2.63. The van der Waals surface area contributed by atoms with E-state index in [0.717, 1.165) is 43.1 Å². The molecule has 22 heavy (non-hydrogen) atoms. The van der Waals surface area contributed by atoms with E-state index in [9.17, 15) is 0 Å². The molecule has 6 nitrogen and oxygen atoms in total. The summed E-state index contributed by atoms with van der Waals surface area (Å²) in [5.74, 6) is 0.927. The topological polar surface area (TPSA) is 58.3 Å². The molecule has 112 valence electrons. The van der Waals surface area contributed by atoms with E-state index in [2.05, 4.69) is 49.2 Å². The Kier molecular flexibility index (Phi) is 3.14. The van der Waals surface area contributed by atoms with Gasteiger partial charge >= 0.3 is 0 Å². The van der Waals surface area contributed by atoms with Crippen LogP contribution in [0.25, 0.3) is 11.1 Å². The number of hydrogen-bond donors (Lipinski definition) is 0. The Morgan fingerprint density at radius 3 is 2.45 bits per heavy atom. The van der Waals surface area contributed by atoms with Crippen molar-refractivity contribution >= 4 is 22.6 Å². The molecular weight excluding hydrogens is 278 g/mol. The van der Waals surface area contributed by atoms with Crippen LogP contribution in [0, 0.1) is 6.92 Å². The van der Waals surface area contributed by atoms with Crippen molar-refractivity contribution in [1.82, 2.24) is 15.1 Å². The molecule has 0 radical (unpaired) electrons. The number of rotatable bonds is 2. The fourth-order valence-electron chi connectivity index (χ4n) is 2.96. The Morgan fingerprint density at radius 1 is 0.955 bits per heavy atom. The van der Waals surface area contributed by atoms with Crippen LogP contribution in [0.2, 0.25) is 0 Å². The zero-order valence-electron chi connectivity index (χ0n) is 12.4. The highest BCUT2D eigenvalue weighted by molar-refractivity contribution is 5.87. The summed E-state index contributed by atoms with van der Waals surface area (Å²) >= 11 is 0. The predicted octanol–water partition coefficient (Wildman–Crippen LogP) is 2.25. The highest BCUT2D eigenvalue weighted by Gasteiger charge is 2.22. The van der Waals surface area contributed by atoms with Crippen molar-refractivity contribution in [1.29, 1.82) is 0 Å². The number of benzene rings is 1. The maximum atomic E-state index is 5.23. The zero-order valence-corrected chi connectivity index (χ0v) is 12.4. The lowest BCUT2D eigenvalue weighted by atomic mass is 10.2. The normalized spacial score (nSPS) is 15.5. The van der Waals surface area contributed by atoms with E-state index in [1.54, 1.807) is 6.33 Å². The lowest BCUT2D eigenvalue weighted by molar-refractivity contribution is 0.442. The third-order valence-corrected chi connectivity index (χ3v) is 4.12. The van der Waals surface area contributed by atoms with Crippen LogP contribution in [-0.2, 0) is 0 Å². The average molecular weight is 295 g/mol. The second kappa shape index (κ2) is 5.29. The maximum Gasteiger partial charge on any atom is 0.263 e. The van der Waals surface area contributed by atoms with Crippen molar-refractivity contribution in [3.8, 4) is 0 Å². The molecule has 1 aliphatic heterocycles. The van der Waals surface area contributed by atoms with Crippen molar-refractivity contribution < 1.29 is 4.52 Å². The SMILES string of the molecule is Cc1noc2ncnc(N3CCN(c4ccccc4)CC3)c12. The molecule has 3 heterocycles. The predicted molar refractivity (Wildman–Crippen MR) is 85.2 cm³/mol. The van der Waals surface area contributed by atoms with Crippen LogP contribution in [0.1, 0.15) is 5.69 Å². The third kappa shape index (κ3) is 2.16. The Balaban J connectivity index is 1.57. The van der Waals surface area contributed by atoms with Gasteiger partial charge in [-0.05, 0) is 19.1 Å². The molecule has 0 atom stereocenters. The van der Waals surface area contributed by atoms with Gasteiger partial charge in [0.1, 0.15) is 17.5 Å². The molecule has 3 aromatic rings. The number of piperazine rings is 1. The van der Waals surface area contributed by atoms with Crippen LogP contribution in [0.3, 0.4) is 0 Å². The van der Waals surface area contributed by atoms with Crippen LogP contribution < -0.4 is 9.80 Å². The summed E-state index contributed by atoms with van der Waals surface area (Å²) in [5, 5.41) is 4.93. The second-order valence-corrected chi connectivity index (χ2v) is 5.46. The number of para-hydroxylation sites is 1. The van der Waals surface area contributed by atoms with Crippen LogP contribution >= 0.6 is 0 Å². The lowest BCUT2D eigenvalue weighted by Gasteiger charge is -2.36. The fraction of sp³-hybridized carbons (Fsp3) is 0.312. The minimum absolute atomic E-state index is 0.563. The first kappa shape index (κ1) is 13.1. The van der Waals surface area contributed by atoms with Gasteiger partial charge in [0.2, 0.25) is 0 Å². The summed E-state index contributed by atoms with van der Waals surface area (Å²) in [6, 6.07) is 10.5. The van der Waals surface area contributed by atoms with Gasteiger partial charge in [0.15, 0.2) is 0 Å². The minimum atomic E-state index is 0.563. The molecule has 0 spiro atoms. The van der Waals surface area contributed by atoms with Crippen molar-refractivity contribution in [2.24, 2.45) is 0 Å². The molecule has 6 heteroatoms. The van der Waals surface area contributed by atoms with Gasteiger partial charge in [-0.2, -0.15) is 4.98 Å². The van der Waals surface area contributed by atoms with E-state index in [1.807, 2.05) is 13.0 Å². The average Bonchev–Trinajstić information content (AvgIpc) is 2.97. The third-order valence-electron chi connectivity index (χ3n) is 4.12. The summed E-state index contributed by atoms with van der Waals surface area (Å²) in [4.78, 5) is 13.3. The molecule has 0 aliphatic carbocycles. The van der Waals surface area contributed by atoms with Gasteiger partial charge < -0.3 is 14.3 Å². The van der Waals surface area contributed by atoms with E-state index >= 15 is 0 Å². The van der Waals surface area contributed by atoms with Gasteiger partial charge in [0.25, 0.3) is 5.71 Å². The van der Waals surface area contributed by atoms with Crippen LogP contribution in [0.15, 0.2) is 41.2 Å². The summed E-state index contributed by atoms with van der Waals surface area (Å²) in [7, 11) is 0. The van der Waals surface area contributed by atoms with Crippen molar-refractivity contribution in [3.05, 3.63) is 42.4 Å². The maximum absolute atomic E-state index is 5.23. The van der Waals surface area contributed by atoms with Gasteiger partial charge in [0, 0.05) is 31.9 Å². The van der Waals surface area contributed by atoms with Gasteiger partial charge in [-0.15, -0.1) is 0 Å². The molecule has 0 amide bonds. The van der Waals surface area contributed by atoms with Gasteiger partial charge in [-0.3, -0.25) is 0 Å². The number of anilines is 2. The first-order chi connectivity index (χ1) is 10.8. The van der Waals surface area contributed by atoms with E-state index in [0.29, 0.717) is 5.71 Å². The highest BCUT2D eigenvalue weighted by Crippen LogP contribution is 2.27. The molecule has 1 fully saturated rings. The van der Waals surface area contributed by atoms with E-state index in [4.69, 9.17) is 4.52 Å². The van der Waals surface area contributed by atoms with E-state index in [-0.39, 0.29) is 0 Å². The number of nitrogens with zero attached hydrogens (tertiary/aromatic N) is 5. The van der Waals surface area contributed by atoms with E-state index < -0.39 is 0 Å². The molecule has 1 aromatic carbocycles. The number of hydrogen-bond acceptors (Lipinski definition) is 6.